The highest BCUT2D eigenvalue weighted by atomic mass is 79.9. The second-order valence-electron chi connectivity index (χ2n) is 6.92. The smallest absolute Gasteiger partial charge is 0.352 e. The summed E-state index contributed by atoms with van der Waals surface area (Å²) >= 11 is 3.40. The van der Waals surface area contributed by atoms with Gasteiger partial charge in [0, 0.05) is 22.0 Å². The molecule has 1 atom stereocenters. The number of likely N-dealkylation sites (tertiary alicyclic amines) is 1. The molecule has 3 aromatic rings. The fourth-order valence-corrected chi connectivity index (χ4v) is 4.28. The molecule has 2 heterocycles. The van der Waals surface area contributed by atoms with E-state index < -0.39 is 18.1 Å². The summed E-state index contributed by atoms with van der Waals surface area (Å²) < 4.78 is 2.53. The quantitative estimate of drug-likeness (QED) is 0.611. The van der Waals surface area contributed by atoms with Crippen LogP contribution in [0.5, 0.6) is 0 Å². The van der Waals surface area contributed by atoms with Crippen molar-refractivity contribution in [2.24, 2.45) is 0 Å². The van der Waals surface area contributed by atoms with Crippen LogP contribution in [0.2, 0.25) is 0 Å². The molecule has 1 aliphatic heterocycles. The van der Waals surface area contributed by atoms with E-state index in [1.807, 2.05) is 18.2 Å². The molecule has 1 saturated heterocycles. The van der Waals surface area contributed by atoms with Crippen LogP contribution in [0.25, 0.3) is 10.9 Å². The van der Waals surface area contributed by atoms with Crippen LogP contribution in [0.3, 0.4) is 0 Å². The SMILES string of the molecule is O=C(O)c1cccc(C(=O)N2CCC[C@@H]2n2c(C(=O)O)cc3cc(Br)ccc32)c1. The van der Waals surface area contributed by atoms with Crippen molar-refractivity contribution in [2.45, 2.75) is 19.0 Å². The Kier molecular flexibility index (Phi) is 4.87. The normalized spacial score (nSPS) is 16.3. The number of fused-ring (bicyclic) bond motifs is 1. The van der Waals surface area contributed by atoms with Crippen molar-refractivity contribution in [3.63, 3.8) is 0 Å². The van der Waals surface area contributed by atoms with Crippen molar-refractivity contribution in [1.29, 1.82) is 0 Å². The summed E-state index contributed by atoms with van der Waals surface area (Å²) in [4.78, 5) is 37.9. The zero-order chi connectivity index (χ0) is 20.7. The fourth-order valence-electron chi connectivity index (χ4n) is 3.90. The van der Waals surface area contributed by atoms with E-state index in [4.69, 9.17) is 0 Å². The van der Waals surface area contributed by atoms with Crippen LogP contribution in [-0.4, -0.2) is 44.1 Å². The van der Waals surface area contributed by atoms with Gasteiger partial charge < -0.3 is 19.7 Å². The minimum absolute atomic E-state index is 0.0362. The molecule has 2 aromatic carbocycles. The van der Waals surface area contributed by atoms with Gasteiger partial charge in [-0.2, -0.15) is 0 Å². The molecule has 0 saturated carbocycles. The van der Waals surface area contributed by atoms with Gasteiger partial charge in [0.15, 0.2) is 0 Å². The molecule has 29 heavy (non-hydrogen) atoms. The lowest BCUT2D eigenvalue weighted by Crippen LogP contribution is -2.34. The van der Waals surface area contributed by atoms with Gasteiger partial charge in [-0.1, -0.05) is 22.0 Å². The van der Waals surface area contributed by atoms with Crippen molar-refractivity contribution in [2.75, 3.05) is 6.54 Å². The number of carbonyl (C=O) groups excluding carboxylic acids is 1. The zero-order valence-electron chi connectivity index (χ0n) is 15.2. The highest BCUT2D eigenvalue weighted by Gasteiger charge is 2.34. The van der Waals surface area contributed by atoms with Gasteiger partial charge in [-0.25, -0.2) is 9.59 Å². The molecular weight excluding hydrogens is 440 g/mol. The van der Waals surface area contributed by atoms with E-state index in [2.05, 4.69) is 15.9 Å². The second-order valence-corrected chi connectivity index (χ2v) is 7.83. The molecule has 4 rings (SSSR count). The molecule has 1 aliphatic rings. The lowest BCUT2D eigenvalue weighted by molar-refractivity contribution is 0.0624. The Bertz CT molecular complexity index is 1150. The first-order valence-electron chi connectivity index (χ1n) is 9.05. The number of rotatable bonds is 4. The van der Waals surface area contributed by atoms with Crippen LogP contribution in [-0.2, 0) is 0 Å². The molecule has 0 aliphatic carbocycles. The van der Waals surface area contributed by atoms with Crippen LogP contribution < -0.4 is 0 Å². The van der Waals surface area contributed by atoms with Gasteiger partial charge in [0.05, 0.1) is 11.1 Å². The van der Waals surface area contributed by atoms with Crippen LogP contribution >= 0.6 is 15.9 Å². The third-order valence-electron chi connectivity index (χ3n) is 5.16. The number of hydrogen-bond acceptors (Lipinski definition) is 3. The maximum Gasteiger partial charge on any atom is 0.352 e. The third-order valence-corrected chi connectivity index (χ3v) is 5.65. The molecular formula is C21H17BrN2O5. The lowest BCUT2D eigenvalue weighted by atomic mass is 10.1. The van der Waals surface area contributed by atoms with E-state index in [-0.39, 0.29) is 22.7 Å². The molecule has 2 N–H and O–H groups in total. The van der Waals surface area contributed by atoms with Gasteiger partial charge in [-0.3, -0.25) is 4.79 Å². The van der Waals surface area contributed by atoms with Gasteiger partial charge in [0.1, 0.15) is 11.9 Å². The van der Waals surface area contributed by atoms with Crippen molar-refractivity contribution < 1.29 is 24.6 Å². The van der Waals surface area contributed by atoms with Crippen LogP contribution in [0.15, 0.2) is 53.0 Å². The van der Waals surface area contributed by atoms with Gasteiger partial charge in [0.25, 0.3) is 5.91 Å². The summed E-state index contributed by atoms with van der Waals surface area (Å²) in [5.74, 6) is -2.48. The number of aromatic carboxylic acids is 2. The molecule has 148 valence electrons. The number of carboxylic acid groups (broad SMARTS) is 2. The van der Waals surface area contributed by atoms with Crippen molar-refractivity contribution in [1.82, 2.24) is 9.47 Å². The Balaban J connectivity index is 1.78. The van der Waals surface area contributed by atoms with Crippen LogP contribution in [0.1, 0.15) is 50.2 Å². The lowest BCUT2D eigenvalue weighted by Gasteiger charge is -2.28. The van der Waals surface area contributed by atoms with E-state index in [1.54, 1.807) is 21.6 Å². The molecule has 0 unspecified atom stereocenters. The Morgan fingerprint density at radius 2 is 1.72 bits per heavy atom. The minimum Gasteiger partial charge on any atom is -0.478 e. The topological polar surface area (TPSA) is 99.8 Å². The number of amides is 1. The predicted molar refractivity (Wildman–Crippen MR) is 109 cm³/mol. The number of aromatic nitrogens is 1. The maximum atomic E-state index is 13.2. The van der Waals surface area contributed by atoms with E-state index >= 15 is 0 Å². The molecule has 0 spiro atoms. The van der Waals surface area contributed by atoms with E-state index in [9.17, 15) is 24.6 Å². The van der Waals surface area contributed by atoms with E-state index in [0.29, 0.717) is 13.0 Å². The van der Waals surface area contributed by atoms with Gasteiger partial charge >= 0.3 is 11.9 Å². The molecule has 0 bridgehead atoms. The Labute approximate surface area is 174 Å². The first-order chi connectivity index (χ1) is 13.9. The first kappa shape index (κ1) is 19.2. The number of hydrogen-bond donors (Lipinski definition) is 2. The number of halogens is 1. The standard InChI is InChI=1S/C21H17BrN2O5/c22-15-6-7-16-14(10-15)11-17(21(28)29)24(16)18-5-2-8-23(18)19(25)12-3-1-4-13(9-12)20(26)27/h1,3-4,6-7,9-11,18H,2,5,8H2,(H,26,27)(H,28,29)/t18-/m0/s1. The predicted octanol–water partition coefficient (Wildman–Crippen LogP) is 4.24. The molecule has 7 nitrogen and oxygen atoms in total. The average Bonchev–Trinajstić information content (AvgIpc) is 3.31. The molecule has 8 heteroatoms. The monoisotopic (exact) mass is 456 g/mol. The van der Waals surface area contributed by atoms with Gasteiger partial charge in [-0.15, -0.1) is 0 Å². The summed E-state index contributed by atoms with van der Waals surface area (Å²) in [7, 11) is 0. The maximum absolute atomic E-state index is 13.2. The minimum atomic E-state index is -1.10. The molecule has 1 amide bonds. The van der Waals surface area contributed by atoms with Crippen molar-refractivity contribution >= 4 is 44.7 Å². The van der Waals surface area contributed by atoms with Crippen molar-refractivity contribution in [3.05, 3.63) is 69.8 Å². The number of benzene rings is 2. The average molecular weight is 457 g/mol. The summed E-state index contributed by atoms with van der Waals surface area (Å²) in [6.45, 7) is 0.468. The Morgan fingerprint density at radius 3 is 2.45 bits per heavy atom. The highest BCUT2D eigenvalue weighted by molar-refractivity contribution is 9.10. The molecule has 0 radical (unpaired) electrons. The Morgan fingerprint density at radius 1 is 0.966 bits per heavy atom. The largest absolute Gasteiger partial charge is 0.478 e. The summed E-state index contributed by atoms with van der Waals surface area (Å²) in [6.07, 6.45) is 0.884. The summed E-state index contributed by atoms with van der Waals surface area (Å²) in [5.41, 5.74) is 1.15. The number of nitrogens with zero attached hydrogens (tertiary/aromatic N) is 2. The number of carbonyl (C=O) groups is 3. The van der Waals surface area contributed by atoms with E-state index in [1.165, 1.54) is 18.2 Å². The van der Waals surface area contributed by atoms with E-state index in [0.717, 1.165) is 21.8 Å². The number of carboxylic acids is 2. The van der Waals surface area contributed by atoms with Crippen LogP contribution in [0, 0.1) is 0 Å². The second kappa shape index (κ2) is 7.36. The summed E-state index contributed by atoms with van der Waals surface area (Å²) in [6, 6.07) is 13.0. The van der Waals surface area contributed by atoms with Gasteiger partial charge in [-0.05, 0) is 55.3 Å². The molecule has 1 fully saturated rings. The zero-order valence-corrected chi connectivity index (χ0v) is 16.8. The van der Waals surface area contributed by atoms with Crippen molar-refractivity contribution in [3.8, 4) is 0 Å². The van der Waals surface area contributed by atoms with Crippen LogP contribution in [0.4, 0.5) is 0 Å². The highest BCUT2D eigenvalue weighted by Crippen LogP contribution is 2.35. The first-order valence-corrected chi connectivity index (χ1v) is 9.84. The Hall–Kier alpha value is -3.13. The third kappa shape index (κ3) is 3.40. The fraction of sp³-hybridized carbons (Fsp3) is 0.190. The molecule has 1 aromatic heterocycles. The van der Waals surface area contributed by atoms with Gasteiger partial charge in [0.2, 0.25) is 0 Å². The summed E-state index contributed by atoms with van der Waals surface area (Å²) in [5, 5.41) is 19.7.